The summed E-state index contributed by atoms with van der Waals surface area (Å²) in [6.45, 7) is 4.25. The van der Waals surface area contributed by atoms with Crippen molar-refractivity contribution >= 4 is 28.4 Å². The summed E-state index contributed by atoms with van der Waals surface area (Å²) in [5.41, 5.74) is 2.12. The molecule has 0 spiro atoms. The molecule has 1 saturated heterocycles. The summed E-state index contributed by atoms with van der Waals surface area (Å²) in [5, 5.41) is 6.41. The van der Waals surface area contributed by atoms with Gasteiger partial charge in [0.2, 0.25) is 11.8 Å². The van der Waals surface area contributed by atoms with Crippen molar-refractivity contribution in [3.63, 3.8) is 0 Å². The van der Waals surface area contributed by atoms with E-state index in [1.807, 2.05) is 36.4 Å². The average Bonchev–Trinajstić information content (AvgIpc) is 2.87. The van der Waals surface area contributed by atoms with E-state index >= 15 is 0 Å². The summed E-state index contributed by atoms with van der Waals surface area (Å²) in [4.78, 5) is 46.2. The molecule has 1 aromatic heterocycles. The first kappa shape index (κ1) is 24.6. The Labute approximate surface area is 203 Å². The number of carbonyl (C=O) groups is 2. The van der Waals surface area contributed by atoms with Crippen LogP contribution in [0.1, 0.15) is 30.7 Å². The molecule has 1 aliphatic rings. The first-order chi connectivity index (χ1) is 17.1. The average molecular weight is 478 g/mol. The lowest BCUT2D eigenvalue weighted by molar-refractivity contribution is -0.121. The Hall–Kier alpha value is -3.56. The Morgan fingerprint density at radius 1 is 1.03 bits per heavy atom. The fraction of sp³-hybridized carbons (Fsp3) is 0.385. The van der Waals surface area contributed by atoms with Gasteiger partial charge in [-0.1, -0.05) is 24.3 Å². The number of fused-ring (bicyclic) bond motifs is 1. The predicted octanol–water partition coefficient (Wildman–Crippen LogP) is 2.22. The first-order valence-corrected chi connectivity index (χ1v) is 12.0. The van der Waals surface area contributed by atoms with Gasteiger partial charge < -0.3 is 20.4 Å². The maximum Gasteiger partial charge on any atom is 0.258 e. The summed E-state index contributed by atoms with van der Waals surface area (Å²) >= 11 is 0. The molecular formula is C26H31N5O4. The van der Waals surface area contributed by atoms with Gasteiger partial charge in [-0.25, -0.2) is 4.98 Å². The van der Waals surface area contributed by atoms with Gasteiger partial charge >= 0.3 is 0 Å². The van der Waals surface area contributed by atoms with E-state index in [1.165, 1.54) is 0 Å². The third-order valence-corrected chi connectivity index (χ3v) is 5.94. The summed E-state index contributed by atoms with van der Waals surface area (Å²) in [7, 11) is 0. The van der Waals surface area contributed by atoms with Crippen LogP contribution in [0.4, 0.5) is 5.69 Å². The van der Waals surface area contributed by atoms with E-state index in [0.29, 0.717) is 55.5 Å². The number of amides is 2. The van der Waals surface area contributed by atoms with Gasteiger partial charge in [-0.15, -0.1) is 0 Å². The van der Waals surface area contributed by atoms with Crippen LogP contribution in [0.5, 0.6) is 0 Å². The van der Waals surface area contributed by atoms with Crippen molar-refractivity contribution in [1.82, 2.24) is 20.2 Å². The normalized spacial score (nSPS) is 14.1. The molecule has 1 aliphatic heterocycles. The van der Waals surface area contributed by atoms with Gasteiger partial charge in [0.25, 0.3) is 5.56 Å². The number of aryl methyl sites for hydroxylation is 1. The third-order valence-electron chi connectivity index (χ3n) is 5.94. The topological polar surface area (TPSA) is 116 Å². The van der Waals surface area contributed by atoms with Crippen molar-refractivity contribution < 1.29 is 14.3 Å². The van der Waals surface area contributed by atoms with Crippen molar-refractivity contribution in [2.75, 3.05) is 38.2 Å². The maximum atomic E-state index is 12.3. The summed E-state index contributed by atoms with van der Waals surface area (Å²) in [6, 6.07) is 14.7. The largest absolute Gasteiger partial charge is 0.379 e. The van der Waals surface area contributed by atoms with E-state index in [9.17, 15) is 14.4 Å². The number of morpholine rings is 1. The van der Waals surface area contributed by atoms with E-state index in [-0.39, 0.29) is 17.4 Å². The number of benzene rings is 2. The Morgan fingerprint density at radius 2 is 1.86 bits per heavy atom. The van der Waals surface area contributed by atoms with E-state index in [1.54, 1.807) is 12.1 Å². The number of aromatic amines is 1. The van der Waals surface area contributed by atoms with E-state index in [4.69, 9.17) is 4.74 Å². The minimum atomic E-state index is -0.164. The SMILES string of the molecule is O=C(CCCc1nc2ccccc2c(=O)[nH]1)NCc1cccc(NC(=O)CCN2CCOCC2)c1. The van der Waals surface area contributed by atoms with Gasteiger partial charge in [0, 0.05) is 51.1 Å². The number of hydrogen-bond acceptors (Lipinski definition) is 6. The number of nitrogens with one attached hydrogen (secondary N) is 3. The highest BCUT2D eigenvalue weighted by molar-refractivity contribution is 5.90. The lowest BCUT2D eigenvalue weighted by Gasteiger charge is -2.26. The highest BCUT2D eigenvalue weighted by atomic mass is 16.5. The van der Waals surface area contributed by atoms with Gasteiger partial charge in [-0.3, -0.25) is 19.3 Å². The molecule has 0 aliphatic carbocycles. The highest BCUT2D eigenvalue weighted by Crippen LogP contribution is 2.12. The number of hydrogen-bond donors (Lipinski definition) is 3. The monoisotopic (exact) mass is 477 g/mol. The number of aromatic nitrogens is 2. The number of ether oxygens (including phenoxy) is 1. The number of rotatable bonds is 10. The molecule has 9 nitrogen and oxygen atoms in total. The minimum absolute atomic E-state index is 0.0296. The van der Waals surface area contributed by atoms with Gasteiger partial charge in [-0.2, -0.15) is 0 Å². The zero-order chi connectivity index (χ0) is 24.5. The molecule has 2 heterocycles. The lowest BCUT2D eigenvalue weighted by Crippen LogP contribution is -2.38. The molecule has 35 heavy (non-hydrogen) atoms. The smallest absolute Gasteiger partial charge is 0.258 e. The first-order valence-electron chi connectivity index (χ1n) is 12.0. The Bertz CT molecular complexity index is 1220. The van der Waals surface area contributed by atoms with Crippen LogP contribution in [0.2, 0.25) is 0 Å². The van der Waals surface area contributed by atoms with Crippen molar-refractivity contribution in [2.45, 2.75) is 32.2 Å². The maximum absolute atomic E-state index is 12.3. The van der Waals surface area contributed by atoms with E-state index in [2.05, 4.69) is 25.5 Å². The number of anilines is 1. The van der Waals surface area contributed by atoms with Crippen molar-refractivity contribution in [1.29, 1.82) is 0 Å². The van der Waals surface area contributed by atoms with Crippen LogP contribution in [0.15, 0.2) is 53.3 Å². The Kier molecular flexibility index (Phi) is 8.58. The Balaban J connectivity index is 1.18. The quantitative estimate of drug-likeness (QED) is 0.412. The van der Waals surface area contributed by atoms with Crippen LogP contribution >= 0.6 is 0 Å². The molecule has 3 aromatic rings. The summed E-state index contributed by atoms with van der Waals surface area (Å²) < 4.78 is 5.33. The third kappa shape index (κ3) is 7.46. The molecule has 2 aromatic carbocycles. The second-order valence-corrected chi connectivity index (χ2v) is 8.61. The van der Waals surface area contributed by atoms with Gasteiger partial charge in [0.1, 0.15) is 5.82 Å². The zero-order valence-corrected chi connectivity index (χ0v) is 19.7. The fourth-order valence-corrected chi connectivity index (χ4v) is 4.03. The van der Waals surface area contributed by atoms with Gasteiger partial charge in [0.05, 0.1) is 24.1 Å². The highest BCUT2D eigenvalue weighted by Gasteiger charge is 2.12. The van der Waals surface area contributed by atoms with Crippen LogP contribution in [0.25, 0.3) is 10.9 Å². The minimum Gasteiger partial charge on any atom is -0.379 e. The molecule has 0 unspecified atom stereocenters. The lowest BCUT2D eigenvalue weighted by atomic mass is 10.1. The van der Waals surface area contributed by atoms with Crippen molar-refractivity contribution in [3.05, 3.63) is 70.3 Å². The Morgan fingerprint density at radius 3 is 2.71 bits per heavy atom. The van der Waals surface area contributed by atoms with Crippen LogP contribution < -0.4 is 16.2 Å². The number of para-hydroxylation sites is 1. The standard InChI is InChI=1S/C26H31N5O4/c32-24(10-4-9-23-29-22-8-2-1-7-21(22)26(34)30-23)27-18-19-5-3-6-20(17-19)28-25(33)11-12-31-13-15-35-16-14-31/h1-3,5-8,17H,4,9-16,18H2,(H,27,32)(H,28,33)(H,29,30,34). The molecule has 0 saturated carbocycles. The second-order valence-electron chi connectivity index (χ2n) is 8.61. The molecule has 9 heteroatoms. The fourth-order valence-electron chi connectivity index (χ4n) is 4.03. The van der Waals surface area contributed by atoms with Crippen LogP contribution in [0.3, 0.4) is 0 Å². The predicted molar refractivity (Wildman–Crippen MR) is 134 cm³/mol. The summed E-state index contributed by atoms with van der Waals surface area (Å²) in [5.74, 6) is 0.477. The number of nitrogens with zero attached hydrogens (tertiary/aromatic N) is 2. The molecule has 0 radical (unpaired) electrons. The second kappa shape index (κ2) is 12.2. The summed E-state index contributed by atoms with van der Waals surface area (Å²) in [6.07, 6.45) is 1.85. The van der Waals surface area contributed by atoms with Crippen LogP contribution in [-0.4, -0.2) is 59.5 Å². The van der Waals surface area contributed by atoms with Crippen molar-refractivity contribution in [3.8, 4) is 0 Å². The molecular weight excluding hydrogens is 446 g/mol. The molecule has 3 N–H and O–H groups in total. The van der Waals surface area contributed by atoms with E-state index in [0.717, 1.165) is 37.6 Å². The molecule has 0 bridgehead atoms. The zero-order valence-electron chi connectivity index (χ0n) is 19.7. The molecule has 4 rings (SSSR count). The van der Waals surface area contributed by atoms with Gasteiger partial charge in [0.15, 0.2) is 0 Å². The molecule has 2 amide bonds. The van der Waals surface area contributed by atoms with Crippen LogP contribution in [0, 0.1) is 0 Å². The van der Waals surface area contributed by atoms with E-state index < -0.39 is 0 Å². The molecule has 0 atom stereocenters. The van der Waals surface area contributed by atoms with Gasteiger partial charge in [-0.05, 0) is 36.2 Å². The molecule has 184 valence electrons. The number of carbonyl (C=O) groups excluding carboxylic acids is 2. The van der Waals surface area contributed by atoms with Crippen LogP contribution in [-0.2, 0) is 27.3 Å². The number of H-pyrrole nitrogens is 1. The molecule has 1 fully saturated rings. The van der Waals surface area contributed by atoms with Crippen molar-refractivity contribution in [2.24, 2.45) is 0 Å².